The SMILES string of the molecule is NC1(CC(=O)N2CC(C(=O)O)C2)CCCCC1. The number of nitrogens with zero attached hydrogens (tertiary/aromatic N) is 1. The van der Waals surface area contributed by atoms with E-state index in [0.717, 1.165) is 25.7 Å². The van der Waals surface area contributed by atoms with Gasteiger partial charge in [-0.1, -0.05) is 19.3 Å². The maximum absolute atomic E-state index is 11.9. The molecule has 17 heavy (non-hydrogen) atoms. The molecule has 1 saturated heterocycles. The molecule has 0 unspecified atom stereocenters. The second-order valence-electron chi connectivity index (χ2n) is 5.43. The number of carboxylic acid groups (broad SMARTS) is 1. The van der Waals surface area contributed by atoms with E-state index in [1.807, 2.05) is 0 Å². The molecule has 1 amide bonds. The van der Waals surface area contributed by atoms with Crippen molar-refractivity contribution in [2.45, 2.75) is 44.1 Å². The highest BCUT2D eigenvalue weighted by Crippen LogP contribution is 2.30. The molecule has 0 radical (unpaired) electrons. The fourth-order valence-corrected chi connectivity index (χ4v) is 2.68. The molecule has 0 aromatic rings. The van der Waals surface area contributed by atoms with Crippen LogP contribution < -0.4 is 5.73 Å². The minimum atomic E-state index is -0.811. The van der Waals surface area contributed by atoms with E-state index in [1.165, 1.54) is 6.42 Å². The number of hydrogen-bond donors (Lipinski definition) is 2. The first-order valence-corrected chi connectivity index (χ1v) is 6.30. The Morgan fingerprint density at radius 1 is 1.24 bits per heavy atom. The van der Waals surface area contributed by atoms with Crippen LogP contribution in [0, 0.1) is 5.92 Å². The number of carbonyl (C=O) groups is 2. The fraction of sp³-hybridized carbons (Fsp3) is 0.833. The first-order chi connectivity index (χ1) is 8.00. The molecular formula is C12H20N2O3. The van der Waals surface area contributed by atoms with Crippen LogP contribution in [0.3, 0.4) is 0 Å². The maximum atomic E-state index is 11.9. The molecule has 0 spiro atoms. The van der Waals surface area contributed by atoms with E-state index in [4.69, 9.17) is 10.8 Å². The van der Waals surface area contributed by atoms with E-state index >= 15 is 0 Å². The molecule has 0 bridgehead atoms. The molecule has 96 valence electrons. The van der Waals surface area contributed by atoms with Gasteiger partial charge in [-0.15, -0.1) is 0 Å². The molecule has 2 rings (SSSR count). The van der Waals surface area contributed by atoms with Crippen LogP contribution in [0.2, 0.25) is 0 Å². The molecule has 0 atom stereocenters. The molecule has 2 aliphatic rings. The topological polar surface area (TPSA) is 83.6 Å². The molecular weight excluding hydrogens is 220 g/mol. The van der Waals surface area contributed by atoms with Gasteiger partial charge in [-0.05, 0) is 12.8 Å². The summed E-state index contributed by atoms with van der Waals surface area (Å²) in [5, 5.41) is 8.74. The van der Waals surface area contributed by atoms with Gasteiger partial charge in [0, 0.05) is 25.0 Å². The number of nitrogens with two attached hydrogens (primary N) is 1. The van der Waals surface area contributed by atoms with Crippen LogP contribution in [0.25, 0.3) is 0 Å². The van der Waals surface area contributed by atoms with Crippen molar-refractivity contribution in [3.8, 4) is 0 Å². The smallest absolute Gasteiger partial charge is 0.310 e. The Morgan fingerprint density at radius 2 is 1.82 bits per heavy atom. The first-order valence-electron chi connectivity index (χ1n) is 6.30. The van der Waals surface area contributed by atoms with Crippen molar-refractivity contribution < 1.29 is 14.7 Å². The third-order valence-electron chi connectivity index (χ3n) is 3.94. The van der Waals surface area contributed by atoms with Crippen LogP contribution in [-0.2, 0) is 9.59 Å². The van der Waals surface area contributed by atoms with Gasteiger partial charge in [-0.2, -0.15) is 0 Å². The Bertz CT molecular complexity index is 318. The number of amides is 1. The molecule has 1 aliphatic heterocycles. The zero-order valence-electron chi connectivity index (χ0n) is 10.0. The van der Waals surface area contributed by atoms with Gasteiger partial charge in [0.1, 0.15) is 0 Å². The molecule has 3 N–H and O–H groups in total. The molecule has 1 saturated carbocycles. The lowest BCUT2D eigenvalue weighted by Crippen LogP contribution is -2.56. The van der Waals surface area contributed by atoms with Gasteiger partial charge in [-0.3, -0.25) is 9.59 Å². The Morgan fingerprint density at radius 3 is 2.35 bits per heavy atom. The summed E-state index contributed by atoms with van der Waals surface area (Å²) in [5.74, 6) is -1.17. The number of rotatable bonds is 3. The van der Waals surface area contributed by atoms with Crippen molar-refractivity contribution in [1.82, 2.24) is 4.90 Å². The van der Waals surface area contributed by atoms with Crippen molar-refractivity contribution in [1.29, 1.82) is 0 Å². The number of likely N-dealkylation sites (tertiary alicyclic amines) is 1. The molecule has 5 heteroatoms. The second kappa shape index (κ2) is 4.64. The van der Waals surface area contributed by atoms with E-state index < -0.39 is 5.97 Å². The predicted molar refractivity (Wildman–Crippen MR) is 62.3 cm³/mol. The van der Waals surface area contributed by atoms with Crippen LogP contribution in [0.5, 0.6) is 0 Å². The lowest BCUT2D eigenvalue weighted by Gasteiger charge is -2.40. The van der Waals surface area contributed by atoms with Gasteiger partial charge in [0.15, 0.2) is 0 Å². The average Bonchev–Trinajstić information content (AvgIpc) is 2.14. The molecule has 0 aromatic heterocycles. The molecule has 5 nitrogen and oxygen atoms in total. The molecule has 2 fully saturated rings. The summed E-state index contributed by atoms with van der Waals surface area (Å²) in [7, 11) is 0. The lowest BCUT2D eigenvalue weighted by molar-refractivity contribution is -0.153. The lowest BCUT2D eigenvalue weighted by atomic mass is 9.79. The van der Waals surface area contributed by atoms with Crippen molar-refractivity contribution in [2.24, 2.45) is 11.7 Å². The van der Waals surface area contributed by atoms with Gasteiger partial charge >= 0.3 is 5.97 Å². The summed E-state index contributed by atoms with van der Waals surface area (Å²) in [6, 6.07) is 0. The third-order valence-corrected chi connectivity index (χ3v) is 3.94. The highest BCUT2D eigenvalue weighted by molar-refractivity contribution is 5.81. The highest BCUT2D eigenvalue weighted by Gasteiger charge is 2.38. The predicted octanol–water partition coefficient (Wildman–Crippen LogP) is 0.581. The number of carboxylic acids is 1. The zero-order valence-corrected chi connectivity index (χ0v) is 10.0. The standard InChI is InChI=1S/C12H20N2O3/c13-12(4-2-1-3-5-12)6-10(15)14-7-9(8-14)11(16)17/h9H,1-8,13H2,(H,16,17). The van der Waals surface area contributed by atoms with Crippen LogP contribution in [0.1, 0.15) is 38.5 Å². The maximum Gasteiger partial charge on any atom is 0.310 e. The van der Waals surface area contributed by atoms with Gasteiger partial charge in [0.05, 0.1) is 5.92 Å². The van der Waals surface area contributed by atoms with E-state index in [2.05, 4.69) is 0 Å². The Balaban J connectivity index is 1.80. The molecule has 1 heterocycles. The average molecular weight is 240 g/mol. The molecule has 0 aromatic carbocycles. The summed E-state index contributed by atoms with van der Waals surface area (Å²) < 4.78 is 0. The van der Waals surface area contributed by atoms with E-state index in [9.17, 15) is 9.59 Å². The monoisotopic (exact) mass is 240 g/mol. The number of carbonyl (C=O) groups excluding carboxylic acids is 1. The Labute approximate surface area is 101 Å². The summed E-state index contributed by atoms with van der Waals surface area (Å²) in [4.78, 5) is 24.2. The van der Waals surface area contributed by atoms with Gasteiger partial charge in [0.25, 0.3) is 0 Å². The van der Waals surface area contributed by atoms with Crippen LogP contribution >= 0.6 is 0 Å². The first kappa shape index (κ1) is 12.4. The normalized spacial score (nSPS) is 24.2. The van der Waals surface area contributed by atoms with Crippen LogP contribution in [0.4, 0.5) is 0 Å². The summed E-state index contributed by atoms with van der Waals surface area (Å²) in [5.41, 5.74) is 5.86. The summed E-state index contributed by atoms with van der Waals surface area (Å²) in [6.07, 6.45) is 5.60. The van der Waals surface area contributed by atoms with Crippen LogP contribution in [-0.4, -0.2) is 40.5 Å². The van der Waals surface area contributed by atoms with Crippen molar-refractivity contribution in [3.05, 3.63) is 0 Å². The van der Waals surface area contributed by atoms with Gasteiger partial charge in [0.2, 0.25) is 5.91 Å². The van der Waals surface area contributed by atoms with Crippen molar-refractivity contribution >= 4 is 11.9 Å². The summed E-state index contributed by atoms with van der Waals surface area (Å²) >= 11 is 0. The minimum Gasteiger partial charge on any atom is -0.481 e. The quantitative estimate of drug-likeness (QED) is 0.756. The van der Waals surface area contributed by atoms with E-state index in [-0.39, 0.29) is 17.4 Å². The number of aliphatic carboxylic acids is 1. The summed E-state index contributed by atoms with van der Waals surface area (Å²) in [6.45, 7) is 0.703. The van der Waals surface area contributed by atoms with Gasteiger partial charge in [-0.25, -0.2) is 0 Å². The van der Waals surface area contributed by atoms with E-state index in [0.29, 0.717) is 19.5 Å². The third kappa shape index (κ3) is 2.77. The second-order valence-corrected chi connectivity index (χ2v) is 5.43. The minimum absolute atomic E-state index is 0.0203. The Hall–Kier alpha value is -1.10. The fourth-order valence-electron chi connectivity index (χ4n) is 2.68. The van der Waals surface area contributed by atoms with Crippen molar-refractivity contribution in [2.75, 3.05) is 13.1 Å². The van der Waals surface area contributed by atoms with Crippen molar-refractivity contribution in [3.63, 3.8) is 0 Å². The van der Waals surface area contributed by atoms with Gasteiger partial charge < -0.3 is 15.7 Å². The largest absolute Gasteiger partial charge is 0.481 e. The highest BCUT2D eigenvalue weighted by atomic mass is 16.4. The number of hydrogen-bond acceptors (Lipinski definition) is 3. The molecule has 1 aliphatic carbocycles. The zero-order chi connectivity index (χ0) is 12.5. The van der Waals surface area contributed by atoms with Crippen LogP contribution in [0.15, 0.2) is 0 Å². The Kier molecular flexibility index (Phi) is 3.38. The van der Waals surface area contributed by atoms with E-state index in [1.54, 1.807) is 4.90 Å².